The molecule has 2 rings (SSSR count). The first-order valence-electron chi connectivity index (χ1n) is 5.80. The van der Waals surface area contributed by atoms with Gasteiger partial charge in [-0.3, -0.25) is 0 Å². The summed E-state index contributed by atoms with van der Waals surface area (Å²) in [5.74, 6) is 0.271. The number of hydrogen-bond donors (Lipinski definition) is 0. The lowest BCUT2D eigenvalue weighted by Crippen LogP contribution is -2.32. The van der Waals surface area contributed by atoms with Gasteiger partial charge in [-0.05, 0) is 24.5 Å². The molecule has 6 heteroatoms. The molecule has 1 heterocycles. The molecule has 0 aromatic heterocycles. The van der Waals surface area contributed by atoms with E-state index >= 15 is 0 Å². The van der Waals surface area contributed by atoms with Gasteiger partial charge in [0.25, 0.3) is 0 Å². The highest BCUT2D eigenvalue weighted by Crippen LogP contribution is 2.25. The van der Waals surface area contributed by atoms with Crippen molar-refractivity contribution in [1.82, 2.24) is 4.31 Å². The van der Waals surface area contributed by atoms with Crippen molar-refractivity contribution in [1.29, 1.82) is 0 Å². The molecule has 1 atom stereocenters. The quantitative estimate of drug-likeness (QED) is 0.852. The van der Waals surface area contributed by atoms with Crippen LogP contribution >= 0.6 is 11.6 Å². The summed E-state index contributed by atoms with van der Waals surface area (Å²) >= 11 is 5.94. The Hall–Kier alpha value is -0.620. The topological polar surface area (TPSA) is 46.6 Å². The van der Waals surface area contributed by atoms with Gasteiger partial charge in [0.1, 0.15) is 4.90 Å². The molecule has 0 spiro atoms. The smallest absolute Gasteiger partial charge is 0.244 e. The van der Waals surface area contributed by atoms with Gasteiger partial charge in [0.2, 0.25) is 10.0 Å². The van der Waals surface area contributed by atoms with Crippen LogP contribution in [0.15, 0.2) is 29.2 Å². The molecule has 0 radical (unpaired) electrons. The molecule has 1 unspecified atom stereocenters. The number of rotatable bonds is 4. The highest BCUT2D eigenvalue weighted by molar-refractivity contribution is 7.89. The minimum atomic E-state index is -3.51. The molecule has 1 saturated heterocycles. The Morgan fingerprint density at radius 3 is 2.78 bits per heavy atom. The Kier molecular flexibility index (Phi) is 4.27. The van der Waals surface area contributed by atoms with Crippen LogP contribution in [0.5, 0.6) is 0 Å². The molecule has 0 amide bonds. The first-order valence-corrected chi connectivity index (χ1v) is 7.62. The van der Waals surface area contributed by atoms with Crippen LogP contribution in [0.1, 0.15) is 6.42 Å². The van der Waals surface area contributed by atoms with Gasteiger partial charge in [-0.25, -0.2) is 12.7 Å². The van der Waals surface area contributed by atoms with Crippen LogP contribution in [-0.4, -0.2) is 39.5 Å². The van der Waals surface area contributed by atoms with Gasteiger partial charge >= 0.3 is 0 Å². The lowest BCUT2D eigenvalue weighted by molar-refractivity contribution is 0.182. The van der Waals surface area contributed by atoms with E-state index in [4.69, 9.17) is 16.3 Å². The fraction of sp³-hybridized carbons (Fsp3) is 0.500. The maximum atomic E-state index is 12.3. The second kappa shape index (κ2) is 5.57. The molecule has 1 aromatic carbocycles. The van der Waals surface area contributed by atoms with Crippen molar-refractivity contribution >= 4 is 21.6 Å². The number of nitrogens with zero attached hydrogens (tertiary/aromatic N) is 1. The zero-order valence-electron chi connectivity index (χ0n) is 10.2. The number of sulfonamides is 1. The van der Waals surface area contributed by atoms with Gasteiger partial charge in [0.05, 0.1) is 11.6 Å². The van der Waals surface area contributed by atoms with Crippen LogP contribution in [0.4, 0.5) is 0 Å². The molecule has 0 N–H and O–H groups in total. The summed E-state index contributed by atoms with van der Waals surface area (Å²) in [6.45, 7) is 1.81. The monoisotopic (exact) mass is 289 g/mol. The van der Waals surface area contributed by atoms with E-state index in [1.54, 1.807) is 25.2 Å². The molecule has 1 aromatic rings. The maximum Gasteiger partial charge on any atom is 0.244 e. The van der Waals surface area contributed by atoms with Crippen LogP contribution in [0.25, 0.3) is 0 Å². The Labute approximate surface area is 113 Å². The SMILES string of the molecule is CN(CC1CCOC1)S(=O)(=O)c1ccccc1Cl. The Morgan fingerprint density at radius 2 is 2.17 bits per heavy atom. The van der Waals surface area contributed by atoms with E-state index in [-0.39, 0.29) is 15.8 Å². The van der Waals surface area contributed by atoms with Crippen molar-refractivity contribution < 1.29 is 13.2 Å². The Balaban J connectivity index is 2.17. The summed E-state index contributed by atoms with van der Waals surface area (Å²) in [5, 5.41) is 0.257. The van der Waals surface area contributed by atoms with Gasteiger partial charge in [-0.1, -0.05) is 23.7 Å². The van der Waals surface area contributed by atoms with Crippen molar-refractivity contribution in [2.45, 2.75) is 11.3 Å². The minimum Gasteiger partial charge on any atom is -0.381 e. The lowest BCUT2D eigenvalue weighted by atomic mass is 10.1. The molecule has 1 fully saturated rings. The van der Waals surface area contributed by atoms with Crippen LogP contribution in [0.3, 0.4) is 0 Å². The molecule has 0 aliphatic carbocycles. The molecule has 1 aliphatic rings. The largest absolute Gasteiger partial charge is 0.381 e. The minimum absolute atomic E-state index is 0.160. The van der Waals surface area contributed by atoms with Crippen LogP contribution < -0.4 is 0 Å². The van der Waals surface area contributed by atoms with Gasteiger partial charge in [-0.2, -0.15) is 0 Å². The normalized spacial score (nSPS) is 20.5. The van der Waals surface area contributed by atoms with Crippen molar-refractivity contribution in [3.63, 3.8) is 0 Å². The first kappa shape index (κ1) is 13.8. The van der Waals surface area contributed by atoms with Crippen LogP contribution in [-0.2, 0) is 14.8 Å². The average molecular weight is 290 g/mol. The van der Waals surface area contributed by atoms with E-state index in [1.165, 1.54) is 10.4 Å². The number of ether oxygens (including phenoxy) is 1. The van der Waals surface area contributed by atoms with Crippen molar-refractivity contribution in [3.8, 4) is 0 Å². The fourth-order valence-electron chi connectivity index (χ4n) is 2.01. The number of benzene rings is 1. The summed E-state index contributed by atoms with van der Waals surface area (Å²) in [7, 11) is -1.93. The molecule has 1 aliphatic heterocycles. The van der Waals surface area contributed by atoms with E-state index < -0.39 is 10.0 Å². The summed E-state index contributed by atoms with van der Waals surface area (Å²) < 4.78 is 31.3. The van der Waals surface area contributed by atoms with Crippen LogP contribution in [0, 0.1) is 5.92 Å². The van der Waals surface area contributed by atoms with E-state index in [9.17, 15) is 8.42 Å². The van der Waals surface area contributed by atoms with Crippen molar-refractivity contribution in [3.05, 3.63) is 29.3 Å². The molecule has 4 nitrogen and oxygen atoms in total. The van der Waals surface area contributed by atoms with Gasteiger partial charge < -0.3 is 4.74 Å². The molecular weight excluding hydrogens is 274 g/mol. The average Bonchev–Trinajstić information content (AvgIpc) is 2.82. The van der Waals surface area contributed by atoms with Crippen LogP contribution in [0.2, 0.25) is 5.02 Å². The van der Waals surface area contributed by atoms with E-state index in [0.29, 0.717) is 19.8 Å². The zero-order valence-corrected chi connectivity index (χ0v) is 11.7. The predicted octanol–water partition coefficient (Wildman–Crippen LogP) is 2.00. The summed E-state index contributed by atoms with van der Waals surface area (Å²) in [6, 6.07) is 6.50. The molecule has 18 heavy (non-hydrogen) atoms. The lowest BCUT2D eigenvalue weighted by Gasteiger charge is -2.20. The van der Waals surface area contributed by atoms with E-state index in [0.717, 1.165) is 6.42 Å². The highest BCUT2D eigenvalue weighted by Gasteiger charge is 2.27. The zero-order chi connectivity index (χ0) is 13.2. The predicted molar refractivity (Wildman–Crippen MR) is 70.2 cm³/mol. The fourth-order valence-corrected chi connectivity index (χ4v) is 3.75. The number of halogens is 1. The third-order valence-corrected chi connectivity index (χ3v) is 5.39. The van der Waals surface area contributed by atoms with Crippen molar-refractivity contribution in [2.24, 2.45) is 5.92 Å². The highest BCUT2D eigenvalue weighted by atomic mass is 35.5. The second-order valence-corrected chi connectivity index (χ2v) is 6.87. The summed E-state index contributed by atoms with van der Waals surface area (Å²) in [6.07, 6.45) is 0.905. The molecule has 0 saturated carbocycles. The van der Waals surface area contributed by atoms with E-state index in [2.05, 4.69) is 0 Å². The molecule has 0 bridgehead atoms. The number of hydrogen-bond acceptors (Lipinski definition) is 3. The molecular formula is C12H16ClNO3S. The summed E-state index contributed by atoms with van der Waals surface area (Å²) in [5.41, 5.74) is 0. The van der Waals surface area contributed by atoms with Crippen molar-refractivity contribution in [2.75, 3.05) is 26.8 Å². The van der Waals surface area contributed by atoms with Gasteiger partial charge in [0.15, 0.2) is 0 Å². The first-order chi connectivity index (χ1) is 8.51. The Morgan fingerprint density at radius 1 is 1.44 bits per heavy atom. The Bertz CT molecular complexity index is 512. The standard InChI is InChI=1S/C12H16ClNO3S/c1-14(8-10-6-7-17-9-10)18(15,16)12-5-3-2-4-11(12)13/h2-5,10H,6-9H2,1H3. The third-order valence-electron chi connectivity index (χ3n) is 3.06. The maximum absolute atomic E-state index is 12.3. The summed E-state index contributed by atoms with van der Waals surface area (Å²) in [4.78, 5) is 0.160. The second-order valence-electron chi connectivity index (χ2n) is 4.45. The van der Waals surface area contributed by atoms with E-state index in [1.807, 2.05) is 0 Å². The van der Waals surface area contributed by atoms with Gasteiger partial charge in [0, 0.05) is 20.2 Å². The molecule has 100 valence electrons. The third kappa shape index (κ3) is 2.85. The van der Waals surface area contributed by atoms with Gasteiger partial charge in [-0.15, -0.1) is 0 Å².